The minimum absolute atomic E-state index is 0.0944. The second-order valence-electron chi connectivity index (χ2n) is 4.12. The van der Waals surface area contributed by atoms with Gasteiger partial charge in [-0.2, -0.15) is 0 Å². The van der Waals surface area contributed by atoms with Crippen LogP contribution in [0.3, 0.4) is 0 Å². The summed E-state index contributed by atoms with van der Waals surface area (Å²) >= 11 is 0. The highest BCUT2D eigenvalue weighted by Crippen LogP contribution is 2.15. The molecule has 1 heterocycles. The molecule has 0 atom stereocenters. The van der Waals surface area contributed by atoms with Crippen molar-refractivity contribution in [2.75, 3.05) is 45.9 Å². The van der Waals surface area contributed by atoms with Crippen LogP contribution in [0.15, 0.2) is 0 Å². The van der Waals surface area contributed by atoms with Crippen LogP contribution in [0.1, 0.15) is 6.42 Å². The van der Waals surface area contributed by atoms with Crippen molar-refractivity contribution in [1.82, 2.24) is 9.80 Å². The van der Waals surface area contributed by atoms with Gasteiger partial charge in [0.2, 0.25) is 0 Å². The first-order valence-corrected chi connectivity index (χ1v) is 5.74. The molecule has 1 fully saturated rings. The van der Waals surface area contributed by atoms with Gasteiger partial charge in [0.15, 0.2) is 0 Å². The molecule has 1 rings (SSSR count). The Morgan fingerprint density at radius 3 is 2.06 bits per heavy atom. The van der Waals surface area contributed by atoms with Gasteiger partial charge < -0.3 is 10.0 Å². The third-order valence-electron chi connectivity index (χ3n) is 2.78. The number of piperazine rings is 1. The van der Waals surface area contributed by atoms with Gasteiger partial charge in [0.25, 0.3) is 0 Å². The second-order valence-corrected chi connectivity index (χ2v) is 4.12. The van der Waals surface area contributed by atoms with Crippen molar-refractivity contribution in [2.24, 2.45) is 0 Å². The second kappa shape index (κ2) is 6.91. The molecule has 0 aromatic rings. The molecule has 0 unspecified atom stereocenters. The molecule has 0 amide bonds. The Bertz CT molecular complexity index is 266. The van der Waals surface area contributed by atoms with E-state index in [0.29, 0.717) is 32.7 Å². The lowest BCUT2D eigenvalue weighted by atomic mass is 10.3. The van der Waals surface area contributed by atoms with Gasteiger partial charge in [0.1, 0.15) is 0 Å². The fraction of sp³-hybridized carbons (Fsp3) is 0.900. The molecule has 1 aliphatic heterocycles. The van der Waals surface area contributed by atoms with Crippen LogP contribution in [0.2, 0.25) is 0 Å². The first-order chi connectivity index (χ1) is 8.37. The molecule has 1 saturated heterocycles. The van der Waals surface area contributed by atoms with Crippen molar-refractivity contribution in [3.63, 3.8) is 0 Å². The van der Waals surface area contributed by atoms with E-state index in [-0.39, 0.29) is 19.6 Å². The fourth-order valence-electron chi connectivity index (χ4n) is 1.78. The molecule has 0 aromatic carbocycles. The highest BCUT2D eigenvalue weighted by Gasteiger charge is 2.29. The highest BCUT2D eigenvalue weighted by atomic mass is 19.4. The van der Waals surface area contributed by atoms with E-state index in [1.165, 1.54) is 0 Å². The number of hydrogen-bond acceptors (Lipinski definition) is 4. The maximum Gasteiger partial charge on any atom is 0.522 e. The molecule has 0 spiro atoms. The minimum Gasteiger partial charge on any atom is -0.481 e. The zero-order chi connectivity index (χ0) is 13.6. The summed E-state index contributed by atoms with van der Waals surface area (Å²) in [5.74, 6) is -0.837. The molecular formula is C10H17F3N2O3. The molecular weight excluding hydrogens is 253 g/mol. The Morgan fingerprint density at radius 1 is 1.11 bits per heavy atom. The summed E-state index contributed by atoms with van der Waals surface area (Å²) in [5.41, 5.74) is 0. The predicted octanol–water partition coefficient (Wildman–Crippen LogP) is 0.615. The van der Waals surface area contributed by atoms with Gasteiger partial charge in [-0.05, 0) is 0 Å². The Kier molecular flexibility index (Phi) is 5.83. The number of alkyl halides is 3. The molecule has 0 bridgehead atoms. The summed E-state index contributed by atoms with van der Waals surface area (Å²) in [5, 5.41) is 8.53. The van der Waals surface area contributed by atoms with E-state index in [1.54, 1.807) is 0 Å². The number of aliphatic carboxylic acids is 1. The van der Waals surface area contributed by atoms with Crippen LogP contribution in [0.4, 0.5) is 13.2 Å². The van der Waals surface area contributed by atoms with Crippen molar-refractivity contribution in [3.8, 4) is 0 Å². The van der Waals surface area contributed by atoms with Gasteiger partial charge in [-0.1, -0.05) is 0 Å². The van der Waals surface area contributed by atoms with E-state index in [9.17, 15) is 18.0 Å². The van der Waals surface area contributed by atoms with Crippen LogP contribution in [-0.2, 0) is 9.53 Å². The summed E-state index contributed by atoms with van der Waals surface area (Å²) in [7, 11) is 0. The van der Waals surface area contributed by atoms with Crippen LogP contribution in [0.25, 0.3) is 0 Å². The topological polar surface area (TPSA) is 53.0 Å². The lowest BCUT2D eigenvalue weighted by Gasteiger charge is -2.34. The van der Waals surface area contributed by atoms with Gasteiger partial charge in [0, 0.05) is 39.3 Å². The Morgan fingerprint density at radius 2 is 1.61 bits per heavy atom. The third-order valence-corrected chi connectivity index (χ3v) is 2.78. The van der Waals surface area contributed by atoms with Crippen molar-refractivity contribution < 1.29 is 27.8 Å². The number of ether oxygens (including phenoxy) is 1. The van der Waals surface area contributed by atoms with Crippen LogP contribution < -0.4 is 0 Å². The van der Waals surface area contributed by atoms with E-state index in [4.69, 9.17) is 5.11 Å². The number of hydrogen-bond donors (Lipinski definition) is 1. The lowest BCUT2D eigenvalue weighted by molar-refractivity contribution is -0.325. The number of halogens is 3. The van der Waals surface area contributed by atoms with Gasteiger partial charge in [0.05, 0.1) is 13.0 Å². The largest absolute Gasteiger partial charge is 0.522 e. The smallest absolute Gasteiger partial charge is 0.481 e. The van der Waals surface area contributed by atoms with Crippen LogP contribution in [-0.4, -0.2) is 73.1 Å². The molecule has 106 valence electrons. The van der Waals surface area contributed by atoms with E-state index in [1.807, 2.05) is 9.80 Å². The van der Waals surface area contributed by atoms with Crippen LogP contribution in [0.5, 0.6) is 0 Å². The summed E-state index contributed by atoms with van der Waals surface area (Å²) in [4.78, 5) is 14.3. The first kappa shape index (κ1) is 15.2. The van der Waals surface area contributed by atoms with E-state index >= 15 is 0 Å². The summed E-state index contributed by atoms with van der Waals surface area (Å²) in [6.45, 7) is 3.01. The van der Waals surface area contributed by atoms with Crippen LogP contribution >= 0.6 is 0 Å². The molecule has 1 N–H and O–H groups in total. The normalized spacial score (nSPS) is 19.1. The Labute approximate surface area is 103 Å². The molecule has 0 radical (unpaired) electrons. The molecule has 1 aliphatic rings. The van der Waals surface area contributed by atoms with E-state index in [0.717, 1.165) is 0 Å². The zero-order valence-electron chi connectivity index (χ0n) is 9.95. The van der Waals surface area contributed by atoms with Crippen molar-refractivity contribution in [1.29, 1.82) is 0 Å². The summed E-state index contributed by atoms with van der Waals surface area (Å²) < 4.78 is 38.9. The number of carboxylic acid groups (broad SMARTS) is 1. The predicted molar refractivity (Wildman–Crippen MR) is 57.1 cm³/mol. The van der Waals surface area contributed by atoms with E-state index in [2.05, 4.69) is 4.74 Å². The van der Waals surface area contributed by atoms with Gasteiger partial charge in [-0.15, -0.1) is 13.2 Å². The number of carboxylic acids is 1. The molecule has 0 saturated carbocycles. The minimum atomic E-state index is -4.57. The number of rotatable bonds is 6. The lowest BCUT2D eigenvalue weighted by Crippen LogP contribution is -2.47. The maximum atomic E-state index is 11.7. The summed E-state index contributed by atoms with van der Waals surface area (Å²) in [6.07, 6.45) is -4.47. The average molecular weight is 270 g/mol. The third kappa shape index (κ3) is 6.77. The maximum absolute atomic E-state index is 11.7. The quantitative estimate of drug-likeness (QED) is 0.766. The van der Waals surface area contributed by atoms with Crippen molar-refractivity contribution >= 4 is 5.97 Å². The van der Waals surface area contributed by atoms with Gasteiger partial charge in [-0.25, -0.2) is 0 Å². The summed E-state index contributed by atoms with van der Waals surface area (Å²) in [6, 6.07) is 0. The van der Waals surface area contributed by atoms with Gasteiger partial charge in [-0.3, -0.25) is 14.4 Å². The fourth-order valence-corrected chi connectivity index (χ4v) is 1.78. The van der Waals surface area contributed by atoms with E-state index < -0.39 is 12.3 Å². The molecule has 0 aliphatic carbocycles. The zero-order valence-corrected chi connectivity index (χ0v) is 9.95. The standard InChI is InChI=1S/C10H17F3N2O3/c11-10(12,13)18-8-7-15-5-3-14(4-6-15)2-1-9(16)17/h1-8H2,(H,16,17). The Balaban J connectivity index is 2.10. The molecule has 18 heavy (non-hydrogen) atoms. The van der Waals surface area contributed by atoms with Crippen LogP contribution in [0, 0.1) is 0 Å². The average Bonchev–Trinajstić information content (AvgIpc) is 2.26. The molecule has 5 nitrogen and oxygen atoms in total. The SMILES string of the molecule is O=C(O)CCN1CCN(CCOC(F)(F)F)CC1. The molecule has 0 aromatic heterocycles. The number of nitrogens with zero attached hydrogens (tertiary/aromatic N) is 2. The highest BCUT2D eigenvalue weighted by molar-refractivity contribution is 5.66. The van der Waals surface area contributed by atoms with Gasteiger partial charge >= 0.3 is 12.3 Å². The molecule has 8 heteroatoms. The Hall–Kier alpha value is -0.860. The monoisotopic (exact) mass is 270 g/mol. The first-order valence-electron chi connectivity index (χ1n) is 5.74. The van der Waals surface area contributed by atoms with Crippen molar-refractivity contribution in [3.05, 3.63) is 0 Å². The number of carbonyl (C=O) groups is 1. The van der Waals surface area contributed by atoms with Crippen molar-refractivity contribution in [2.45, 2.75) is 12.8 Å².